The van der Waals surface area contributed by atoms with Gasteiger partial charge in [-0.15, -0.1) is 0 Å². The molecule has 0 bridgehead atoms. The second-order valence-electron chi connectivity index (χ2n) is 5.03. The van der Waals surface area contributed by atoms with Crippen LogP contribution in [0.4, 0.5) is 4.39 Å². The number of carbonyl (C=O) groups excluding carboxylic acids is 2. The number of nitrogens with two attached hydrogens (primary N) is 1. The molecule has 2 rings (SSSR count). The van der Waals surface area contributed by atoms with Crippen LogP contribution < -0.4 is 5.73 Å². The summed E-state index contributed by atoms with van der Waals surface area (Å²) < 4.78 is 14.4. The molecule has 1 aliphatic rings. The highest BCUT2D eigenvalue weighted by Gasteiger charge is 2.26. The Bertz CT molecular complexity index is 528. The van der Waals surface area contributed by atoms with Crippen LogP contribution in [-0.2, 0) is 4.79 Å². The molecule has 4 nitrogen and oxygen atoms in total. The maximum absolute atomic E-state index is 13.7. The van der Waals surface area contributed by atoms with Gasteiger partial charge in [-0.05, 0) is 37.0 Å². The first-order valence-corrected chi connectivity index (χ1v) is 7.29. The highest BCUT2D eigenvalue weighted by atomic mass is 79.9. The molecule has 6 heteroatoms. The molecule has 1 aromatic rings. The minimum Gasteiger partial charge on any atom is -0.370 e. The first-order chi connectivity index (χ1) is 9.47. The van der Waals surface area contributed by atoms with Crippen molar-refractivity contribution in [3.8, 4) is 0 Å². The van der Waals surface area contributed by atoms with Gasteiger partial charge in [-0.2, -0.15) is 0 Å². The zero-order valence-electron chi connectivity index (χ0n) is 10.9. The van der Waals surface area contributed by atoms with E-state index < -0.39 is 5.82 Å². The van der Waals surface area contributed by atoms with Crippen molar-refractivity contribution >= 4 is 27.7 Å². The minimum absolute atomic E-state index is 0.0766. The highest BCUT2D eigenvalue weighted by molar-refractivity contribution is 9.10. The van der Waals surface area contributed by atoms with Crippen LogP contribution in [-0.4, -0.2) is 29.8 Å². The van der Waals surface area contributed by atoms with Crippen molar-refractivity contribution in [3.05, 3.63) is 34.1 Å². The van der Waals surface area contributed by atoms with Crippen LogP contribution in [0.3, 0.4) is 0 Å². The zero-order valence-corrected chi connectivity index (χ0v) is 12.5. The molecule has 108 valence electrons. The van der Waals surface area contributed by atoms with Gasteiger partial charge < -0.3 is 10.6 Å². The van der Waals surface area contributed by atoms with Gasteiger partial charge in [0.25, 0.3) is 5.91 Å². The van der Waals surface area contributed by atoms with E-state index in [-0.39, 0.29) is 23.3 Å². The van der Waals surface area contributed by atoms with Crippen molar-refractivity contribution < 1.29 is 14.0 Å². The van der Waals surface area contributed by atoms with Gasteiger partial charge in [0.05, 0.1) is 5.56 Å². The van der Waals surface area contributed by atoms with E-state index in [1.165, 1.54) is 12.1 Å². The van der Waals surface area contributed by atoms with E-state index in [4.69, 9.17) is 5.73 Å². The fraction of sp³-hybridized carbons (Fsp3) is 0.429. The molecule has 0 unspecified atom stereocenters. The second kappa shape index (κ2) is 6.35. The van der Waals surface area contributed by atoms with E-state index >= 15 is 0 Å². The smallest absolute Gasteiger partial charge is 0.256 e. The summed E-state index contributed by atoms with van der Waals surface area (Å²) in [5.41, 5.74) is 5.25. The van der Waals surface area contributed by atoms with Crippen molar-refractivity contribution in [2.75, 3.05) is 13.1 Å². The summed E-state index contributed by atoms with van der Waals surface area (Å²) in [6.07, 6.45) is 1.81. The summed E-state index contributed by atoms with van der Waals surface area (Å²) in [7, 11) is 0. The summed E-state index contributed by atoms with van der Waals surface area (Å²) >= 11 is 3.24. The quantitative estimate of drug-likeness (QED) is 0.916. The van der Waals surface area contributed by atoms with Crippen LogP contribution >= 0.6 is 15.9 Å². The van der Waals surface area contributed by atoms with E-state index in [2.05, 4.69) is 15.9 Å². The number of nitrogens with zero attached hydrogens (tertiary/aromatic N) is 1. The second-order valence-corrected chi connectivity index (χ2v) is 5.95. The Labute approximate surface area is 125 Å². The molecule has 1 saturated heterocycles. The normalized spacial score (nSPS) is 16.2. The van der Waals surface area contributed by atoms with Crippen molar-refractivity contribution in [3.63, 3.8) is 0 Å². The Balaban J connectivity index is 2.01. The number of halogens is 2. The average Bonchev–Trinajstić information content (AvgIpc) is 2.41. The maximum atomic E-state index is 13.7. The predicted octanol–water partition coefficient (Wildman–Crippen LogP) is 2.32. The number of primary amides is 1. The molecular weight excluding hydrogens is 327 g/mol. The number of carbonyl (C=O) groups is 2. The summed E-state index contributed by atoms with van der Waals surface area (Å²) in [6, 6.07) is 4.33. The van der Waals surface area contributed by atoms with Crippen LogP contribution in [0.15, 0.2) is 22.7 Å². The lowest BCUT2D eigenvalue weighted by atomic mass is 9.93. The van der Waals surface area contributed by atoms with Crippen molar-refractivity contribution in [2.45, 2.75) is 19.3 Å². The third kappa shape index (κ3) is 3.56. The lowest BCUT2D eigenvalue weighted by molar-refractivity contribution is -0.119. The summed E-state index contributed by atoms with van der Waals surface area (Å²) in [5, 5.41) is 0. The Kier molecular flexibility index (Phi) is 4.75. The summed E-state index contributed by atoms with van der Waals surface area (Å²) in [6.45, 7) is 1.06. The van der Waals surface area contributed by atoms with Crippen LogP contribution in [0.1, 0.15) is 29.6 Å². The van der Waals surface area contributed by atoms with Crippen molar-refractivity contribution in [1.29, 1.82) is 0 Å². The van der Waals surface area contributed by atoms with Crippen molar-refractivity contribution in [2.24, 2.45) is 11.7 Å². The topological polar surface area (TPSA) is 63.4 Å². The average molecular weight is 343 g/mol. The monoisotopic (exact) mass is 342 g/mol. The van der Waals surface area contributed by atoms with E-state index in [1.54, 1.807) is 11.0 Å². The molecule has 1 heterocycles. The molecule has 0 radical (unpaired) electrons. The Hall–Kier alpha value is -1.43. The number of likely N-dealkylation sites (tertiary alicyclic amines) is 1. The van der Waals surface area contributed by atoms with Crippen LogP contribution in [0.25, 0.3) is 0 Å². The number of hydrogen-bond donors (Lipinski definition) is 1. The lowest BCUT2D eigenvalue weighted by Crippen LogP contribution is -2.39. The molecule has 0 aliphatic carbocycles. The van der Waals surface area contributed by atoms with E-state index in [0.717, 1.165) is 12.8 Å². The number of amides is 2. The van der Waals surface area contributed by atoms with E-state index in [0.29, 0.717) is 24.0 Å². The van der Waals surface area contributed by atoms with Gasteiger partial charge in [-0.3, -0.25) is 9.59 Å². The number of hydrogen-bond acceptors (Lipinski definition) is 2. The number of benzene rings is 1. The molecule has 0 saturated carbocycles. The SMILES string of the molecule is NC(=O)CC1CCN(C(=O)c2cc(Br)ccc2F)CC1. The fourth-order valence-corrected chi connectivity index (χ4v) is 2.82. The van der Waals surface area contributed by atoms with Gasteiger partial charge in [0.2, 0.25) is 5.91 Å². The molecule has 0 spiro atoms. The third-order valence-corrected chi connectivity index (χ3v) is 4.04. The zero-order chi connectivity index (χ0) is 14.7. The molecular formula is C14H16BrFN2O2. The largest absolute Gasteiger partial charge is 0.370 e. The van der Waals surface area contributed by atoms with Gasteiger partial charge in [0.1, 0.15) is 5.82 Å². The van der Waals surface area contributed by atoms with Crippen LogP contribution in [0, 0.1) is 11.7 Å². The number of rotatable bonds is 3. The molecule has 2 amide bonds. The number of piperidine rings is 1. The van der Waals surface area contributed by atoms with Crippen LogP contribution in [0.2, 0.25) is 0 Å². The highest BCUT2D eigenvalue weighted by Crippen LogP contribution is 2.23. The fourth-order valence-electron chi connectivity index (χ4n) is 2.46. The first-order valence-electron chi connectivity index (χ1n) is 6.50. The third-order valence-electron chi connectivity index (χ3n) is 3.55. The standard InChI is InChI=1S/C14H16BrFN2O2/c15-10-1-2-12(16)11(8-10)14(20)18-5-3-9(4-6-18)7-13(17)19/h1-2,8-9H,3-7H2,(H2,17,19). The first kappa shape index (κ1) is 15.0. The van der Waals surface area contributed by atoms with Gasteiger partial charge >= 0.3 is 0 Å². The van der Waals surface area contributed by atoms with Gasteiger partial charge in [0, 0.05) is 24.0 Å². The molecule has 0 atom stereocenters. The lowest BCUT2D eigenvalue weighted by Gasteiger charge is -2.31. The summed E-state index contributed by atoms with van der Waals surface area (Å²) in [4.78, 5) is 24.8. The van der Waals surface area contributed by atoms with E-state index in [1.807, 2.05) is 0 Å². The van der Waals surface area contributed by atoms with E-state index in [9.17, 15) is 14.0 Å². The molecule has 0 aromatic heterocycles. The Morgan fingerprint density at radius 2 is 2.00 bits per heavy atom. The summed E-state index contributed by atoms with van der Waals surface area (Å²) in [5.74, 6) is -0.907. The molecule has 2 N–H and O–H groups in total. The minimum atomic E-state index is -0.516. The van der Waals surface area contributed by atoms with Crippen molar-refractivity contribution in [1.82, 2.24) is 4.90 Å². The molecule has 1 aromatic carbocycles. The molecule has 1 aliphatic heterocycles. The molecule has 1 fully saturated rings. The van der Waals surface area contributed by atoms with Gasteiger partial charge in [-0.1, -0.05) is 15.9 Å². The predicted molar refractivity (Wildman–Crippen MR) is 76.5 cm³/mol. The Morgan fingerprint density at radius 1 is 1.35 bits per heavy atom. The maximum Gasteiger partial charge on any atom is 0.256 e. The Morgan fingerprint density at radius 3 is 2.60 bits per heavy atom. The van der Waals surface area contributed by atoms with Gasteiger partial charge in [0.15, 0.2) is 0 Å². The van der Waals surface area contributed by atoms with Gasteiger partial charge in [-0.25, -0.2) is 4.39 Å². The molecule has 20 heavy (non-hydrogen) atoms. The van der Waals surface area contributed by atoms with Crippen LogP contribution in [0.5, 0.6) is 0 Å².